The smallest absolute Gasteiger partial charge is 0.261 e. The number of fused-ring (bicyclic) bond motifs is 1. The second-order valence-electron chi connectivity index (χ2n) is 6.89. The van der Waals surface area contributed by atoms with Crippen molar-refractivity contribution in [3.05, 3.63) is 65.7 Å². The lowest BCUT2D eigenvalue weighted by molar-refractivity contribution is -0.137. The first kappa shape index (κ1) is 20.6. The molecule has 2 aromatic carbocycles. The van der Waals surface area contributed by atoms with Gasteiger partial charge in [-0.15, -0.1) is 0 Å². The molecule has 1 aliphatic rings. The second kappa shape index (κ2) is 8.46. The Kier molecular flexibility index (Phi) is 6.00. The van der Waals surface area contributed by atoms with E-state index in [9.17, 15) is 14.7 Å². The molecule has 0 saturated carbocycles. The molecule has 2 aromatic rings. The molecule has 2 atom stereocenters. The number of benzene rings is 2. The van der Waals surface area contributed by atoms with Crippen molar-refractivity contribution >= 4 is 23.2 Å². The van der Waals surface area contributed by atoms with Crippen LogP contribution in [0.3, 0.4) is 0 Å². The highest BCUT2D eigenvalue weighted by Crippen LogP contribution is 2.42. The summed E-state index contributed by atoms with van der Waals surface area (Å²) in [6.07, 6.45) is 3.86. The third-order valence-corrected chi connectivity index (χ3v) is 5.01. The summed E-state index contributed by atoms with van der Waals surface area (Å²) < 4.78 is 5.09. The van der Waals surface area contributed by atoms with Gasteiger partial charge in [-0.2, -0.15) is 0 Å². The Bertz CT molecular complexity index is 939. The minimum absolute atomic E-state index is 0.00796. The van der Waals surface area contributed by atoms with Crippen LogP contribution in [0.1, 0.15) is 29.3 Å². The second-order valence-corrected chi connectivity index (χ2v) is 6.89. The molecule has 1 aliphatic heterocycles. The molecule has 0 aliphatic carbocycles. The largest absolute Gasteiger partial charge is 0.497 e. The van der Waals surface area contributed by atoms with E-state index in [1.165, 1.54) is 0 Å². The van der Waals surface area contributed by atoms with Crippen LogP contribution in [0.4, 0.5) is 11.4 Å². The Morgan fingerprint density at radius 3 is 2.66 bits per heavy atom. The van der Waals surface area contributed by atoms with Crippen molar-refractivity contribution < 1.29 is 24.5 Å². The molecule has 7 nitrogen and oxygen atoms in total. The van der Waals surface area contributed by atoms with Gasteiger partial charge in [0.1, 0.15) is 5.75 Å². The predicted octanol–water partition coefficient (Wildman–Crippen LogP) is 2.66. The molecule has 0 aromatic heterocycles. The summed E-state index contributed by atoms with van der Waals surface area (Å²) in [5, 5.41) is 25.6. The molecule has 0 spiro atoms. The quantitative estimate of drug-likeness (QED) is 0.538. The van der Waals surface area contributed by atoms with Crippen LogP contribution in [0.15, 0.2) is 54.6 Å². The normalized spacial score (nSPS) is 19.0. The topological polar surface area (TPSA) is 108 Å². The van der Waals surface area contributed by atoms with Gasteiger partial charge in [0.05, 0.1) is 7.11 Å². The van der Waals surface area contributed by atoms with E-state index in [-0.39, 0.29) is 12.5 Å². The molecule has 4 N–H and O–H groups in total. The van der Waals surface area contributed by atoms with Gasteiger partial charge in [-0.1, -0.05) is 19.1 Å². The Labute approximate surface area is 169 Å². The standard InChI is InChI=1S/C22H24N2O5/c1-14(5-3-4-12-25)22(28)18-13-16(8-11-19(18)24-21(22)27)23-20(26)15-6-9-17(29-2)10-7-15/h3,5-11,13-14,25,28H,4,12H2,1-2H3,(H,23,26)(H,24,27)/b5-3+/t14-,22+/m0/s1. The maximum absolute atomic E-state index is 12.5. The Hall–Kier alpha value is -3.16. The highest BCUT2D eigenvalue weighted by molar-refractivity contribution is 6.07. The summed E-state index contributed by atoms with van der Waals surface area (Å²) in [5.41, 5.74) is 0.0583. The molecule has 29 heavy (non-hydrogen) atoms. The zero-order chi connectivity index (χ0) is 21.0. The summed E-state index contributed by atoms with van der Waals surface area (Å²) in [6, 6.07) is 11.6. The van der Waals surface area contributed by atoms with Gasteiger partial charge in [-0.05, 0) is 48.9 Å². The number of hydrogen-bond donors (Lipinski definition) is 4. The summed E-state index contributed by atoms with van der Waals surface area (Å²) in [7, 11) is 1.55. The molecular formula is C22H24N2O5. The fourth-order valence-corrected chi connectivity index (χ4v) is 3.30. The molecule has 2 amide bonds. The van der Waals surface area contributed by atoms with E-state index >= 15 is 0 Å². The molecule has 0 unspecified atom stereocenters. The fourth-order valence-electron chi connectivity index (χ4n) is 3.30. The van der Waals surface area contributed by atoms with E-state index < -0.39 is 17.4 Å². The van der Waals surface area contributed by atoms with E-state index in [0.717, 1.165) is 0 Å². The zero-order valence-electron chi connectivity index (χ0n) is 16.3. The van der Waals surface area contributed by atoms with E-state index in [1.54, 1.807) is 68.7 Å². The van der Waals surface area contributed by atoms with Gasteiger partial charge in [0.15, 0.2) is 5.60 Å². The molecule has 152 valence electrons. The Morgan fingerprint density at radius 1 is 1.28 bits per heavy atom. The van der Waals surface area contributed by atoms with Crippen molar-refractivity contribution in [1.82, 2.24) is 0 Å². The van der Waals surface area contributed by atoms with Gasteiger partial charge in [-0.3, -0.25) is 9.59 Å². The van der Waals surface area contributed by atoms with Crippen LogP contribution >= 0.6 is 0 Å². The van der Waals surface area contributed by atoms with Crippen molar-refractivity contribution in [1.29, 1.82) is 0 Å². The van der Waals surface area contributed by atoms with Crippen LogP contribution in [-0.4, -0.2) is 35.7 Å². The molecule has 0 bridgehead atoms. The van der Waals surface area contributed by atoms with Gasteiger partial charge in [0, 0.05) is 35.0 Å². The summed E-state index contributed by atoms with van der Waals surface area (Å²) >= 11 is 0. The molecular weight excluding hydrogens is 372 g/mol. The van der Waals surface area contributed by atoms with Crippen LogP contribution in [0.2, 0.25) is 0 Å². The van der Waals surface area contributed by atoms with Gasteiger partial charge in [0.2, 0.25) is 0 Å². The first-order chi connectivity index (χ1) is 13.9. The lowest BCUT2D eigenvalue weighted by Gasteiger charge is -2.26. The van der Waals surface area contributed by atoms with Gasteiger partial charge < -0.3 is 25.6 Å². The van der Waals surface area contributed by atoms with Crippen LogP contribution in [0, 0.1) is 5.92 Å². The van der Waals surface area contributed by atoms with E-state index in [4.69, 9.17) is 9.84 Å². The highest BCUT2D eigenvalue weighted by atomic mass is 16.5. The number of hydrogen-bond acceptors (Lipinski definition) is 5. The van der Waals surface area contributed by atoms with Crippen LogP contribution in [0.5, 0.6) is 5.75 Å². The highest BCUT2D eigenvalue weighted by Gasteiger charge is 2.48. The van der Waals surface area contributed by atoms with Gasteiger partial charge in [-0.25, -0.2) is 0 Å². The summed E-state index contributed by atoms with van der Waals surface area (Å²) in [4.78, 5) is 25.0. The molecule has 0 saturated heterocycles. The molecule has 1 heterocycles. The van der Waals surface area contributed by atoms with Crippen molar-refractivity contribution in [2.45, 2.75) is 18.9 Å². The minimum atomic E-state index is -1.76. The van der Waals surface area contributed by atoms with E-state index in [1.807, 2.05) is 0 Å². The first-order valence-corrected chi connectivity index (χ1v) is 9.31. The van der Waals surface area contributed by atoms with Crippen LogP contribution < -0.4 is 15.4 Å². The number of aliphatic hydroxyl groups is 2. The number of nitrogens with one attached hydrogen (secondary N) is 2. The number of carbonyl (C=O) groups is 2. The number of methoxy groups -OCH3 is 1. The van der Waals surface area contributed by atoms with Crippen LogP contribution in [0.25, 0.3) is 0 Å². The number of carbonyl (C=O) groups excluding carboxylic acids is 2. The van der Waals surface area contributed by atoms with Crippen molar-refractivity contribution in [3.8, 4) is 5.75 Å². The SMILES string of the molecule is COc1ccc(C(=O)Nc2ccc3c(c2)[C@](O)([C@@H](C)/C=C/CCO)C(=O)N3)cc1. The molecule has 0 fully saturated rings. The minimum Gasteiger partial charge on any atom is -0.497 e. The number of ether oxygens (including phenoxy) is 1. The number of anilines is 2. The number of amides is 2. The molecule has 0 radical (unpaired) electrons. The lowest BCUT2D eigenvalue weighted by Crippen LogP contribution is -2.39. The summed E-state index contributed by atoms with van der Waals surface area (Å²) in [6.45, 7) is 1.72. The van der Waals surface area contributed by atoms with E-state index in [2.05, 4.69) is 10.6 Å². The third kappa shape index (κ3) is 4.01. The average molecular weight is 396 g/mol. The zero-order valence-corrected chi connectivity index (χ0v) is 16.3. The third-order valence-electron chi connectivity index (χ3n) is 5.01. The summed E-state index contributed by atoms with van der Waals surface area (Å²) in [5.74, 6) is -0.712. The maximum Gasteiger partial charge on any atom is 0.261 e. The predicted molar refractivity (Wildman–Crippen MR) is 110 cm³/mol. The Balaban J connectivity index is 1.85. The fraction of sp³-hybridized carbons (Fsp3) is 0.273. The first-order valence-electron chi connectivity index (χ1n) is 9.31. The van der Waals surface area contributed by atoms with Crippen molar-refractivity contribution in [2.75, 3.05) is 24.4 Å². The van der Waals surface area contributed by atoms with Crippen LogP contribution in [-0.2, 0) is 10.4 Å². The van der Waals surface area contributed by atoms with E-state index in [0.29, 0.717) is 34.7 Å². The average Bonchev–Trinajstić information content (AvgIpc) is 2.99. The van der Waals surface area contributed by atoms with Gasteiger partial charge >= 0.3 is 0 Å². The Morgan fingerprint density at radius 2 is 2.00 bits per heavy atom. The number of rotatable bonds is 7. The van der Waals surface area contributed by atoms with Crippen molar-refractivity contribution in [2.24, 2.45) is 5.92 Å². The van der Waals surface area contributed by atoms with Gasteiger partial charge in [0.25, 0.3) is 11.8 Å². The van der Waals surface area contributed by atoms with Crippen molar-refractivity contribution in [3.63, 3.8) is 0 Å². The monoisotopic (exact) mass is 396 g/mol. The number of aliphatic hydroxyl groups excluding tert-OH is 1. The molecule has 7 heteroatoms. The molecule has 3 rings (SSSR count). The maximum atomic E-state index is 12.5. The lowest BCUT2D eigenvalue weighted by atomic mass is 9.82.